The fraction of sp³-hybridized carbons (Fsp3) is 0.875. The Labute approximate surface area is 77.3 Å². The highest BCUT2D eigenvalue weighted by atomic mass is 35.5. The molecule has 0 saturated heterocycles. The van der Waals surface area contributed by atoms with Crippen LogP contribution in [-0.2, 0) is 4.79 Å². The van der Waals surface area contributed by atoms with Crippen molar-refractivity contribution < 1.29 is 15.0 Å². The third-order valence-corrected chi connectivity index (χ3v) is 2.14. The van der Waals surface area contributed by atoms with Crippen molar-refractivity contribution in [2.75, 3.05) is 0 Å². The van der Waals surface area contributed by atoms with Gasteiger partial charge in [-0.15, -0.1) is 11.6 Å². The number of alkyl halides is 1. The molecular weight excluding hydrogens is 180 g/mol. The highest BCUT2D eigenvalue weighted by Crippen LogP contribution is 2.10. The smallest absolute Gasteiger partial charge is 0.321 e. The number of hydrogen-bond donors (Lipinski definition) is 2. The average molecular weight is 195 g/mol. The number of aliphatic carboxylic acids is 1. The van der Waals surface area contributed by atoms with Crippen molar-refractivity contribution in [3.8, 4) is 0 Å². The Bertz CT molecular complexity index is 138. The molecule has 0 spiro atoms. The molecule has 2 N–H and O–H groups in total. The predicted octanol–water partition coefficient (Wildman–Crippen LogP) is 1.62. The standard InChI is InChI=1S/C8H15ClO3/c1-2-6(10)4-3-5-7(9)8(11)12/h6-7,10H,2-5H2,1H3,(H,11,12)/t6-,7+/m1/s1. The van der Waals surface area contributed by atoms with Crippen molar-refractivity contribution in [3.05, 3.63) is 0 Å². The van der Waals surface area contributed by atoms with Crippen LogP contribution in [0.2, 0.25) is 0 Å². The molecule has 2 atom stereocenters. The minimum Gasteiger partial charge on any atom is -0.480 e. The lowest BCUT2D eigenvalue weighted by molar-refractivity contribution is -0.136. The monoisotopic (exact) mass is 194 g/mol. The van der Waals surface area contributed by atoms with E-state index in [9.17, 15) is 4.79 Å². The lowest BCUT2D eigenvalue weighted by Gasteiger charge is -2.07. The van der Waals surface area contributed by atoms with E-state index in [1.54, 1.807) is 0 Å². The van der Waals surface area contributed by atoms with Gasteiger partial charge in [-0.3, -0.25) is 4.79 Å². The molecule has 0 aliphatic rings. The van der Waals surface area contributed by atoms with Crippen molar-refractivity contribution in [1.82, 2.24) is 0 Å². The normalized spacial score (nSPS) is 15.6. The summed E-state index contributed by atoms with van der Waals surface area (Å²) in [6.07, 6.45) is 2.11. The van der Waals surface area contributed by atoms with Crippen molar-refractivity contribution in [2.24, 2.45) is 0 Å². The van der Waals surface area contributed by atoms with Gasteiger partial charge in [0.05, 0.1) is 6.10 Å². The first kappa shape index (κ1) is 11.7. The predicted molar refractivity (Wildman–Crippen MR) is 47.4 cm³/mol. The molecule has 0 amide bonds. The summed E-state index contributed by atoms with van der Waals surface area (Å²) in [5.74, 6) is -0.984. The molecule has 4 heteroatoms. The molecular formula is C8H15ClO3. The van der Waals surface area contributed by atoms with E-state index >= 15 is 0 Å². The SMILES string of the molecule is CC[C@@H](O)CCC[C@H](Cl)C(=O)O. The summed E-state index contributed by atoms with van der Waals surface area (Å²) in [4.78, 5) is 10.3. The van der Waals surface area contributed by atoms with Gasteiger partial charge in [0.1, 0.15) is 5.38 Å². The molecule has 0 fully saturated rings. The minimum atomic E-state index is -0.984. The quantitative estimate of drug-likeness (QED) is 0.632. The number of carboxylic acid groups (broad SMARTS) is 1. The van der Waals surface area contributed by atoms with Crippen LogP contribution in [0, 0.1) is 0 Å². The Hall–Kier alpha value is -0.280. The van der Waals surface area contributed by atoms with Crippen LogP contribution in [0.1, 0.15) is 32.6 Å². The summed E-state index contributed by atoms with van der Waals surface area (Å²) in [5.41, 5.74) is 0. The Balaban J connectivity index is 3.37. The highest BCUT2D eigenvalue weighted by Gasteiger charge is 2.13. The van der Waals surface area contributed by atoms with Crippen LogP contribution in [-0.4, -0.2) is 27.7 Å². The van der Waals surface area contributed by atoms with E-state index in [1.165, 1.54) is 0 Å². The largest absolute Gasteiger partial charge is 0.480 e. The molecule has 0 bridgehead atoms. The Kier molecular flexibility index (Phi) is 6.11. The summed E-state index contributed by atoms with van der Waals surface area (Å²) in [6, 6.07) is 0. The molecule has 72 valence electrons. The summed E-state index contributed by atoms with van der Waals surface area (Å²) >= 11 is 5.46. The van der Waals surface area contributed by atoms with E-state index in [1.807, 2.05) is 6.92 Å². The second-order valence-electron chi connectivity index (χ2n) is 2.80. The number of aliphatic hydroxyl groups excluding tert-OH is 1. The van der Waals surface area contributed by atoms with Crippen LogP contribution < -0.4 is 0 Å². The lowest BCUT2D eigenvalue weighted by Crippen LogP contribution is -2.14. The van der Waals surface area contributed by atoms with E-state index in [2.05, 4.69) is 0 Å². The maximum Gasteiger partial charge on any atom is 0.321 e. The Morgan fingerprint density at radius 1 is 1.50 bits per heavy atom. The molecule has 0 saturated carbocycles. The Morgan fingerprint density at radius 3 is 2.50 bits per heavy atom. The average Bonchev–Trinajstić information content (AvgIpc) is 2.03. The maximum absolute atomic E-state index is 10.3. The first-order chi connectivity index (χ1) is 5.57. The van der Waals surface area contributed by atoms with Crippen molar-refractivity contribution >= 4 is 17.6 Å². The van der Waals surface area contributed by atoms with Crippen LogP contribution in [0.4, 0.5) is 0 Å². The van der Waals surface area contributed by atoms with Gasteiger partial charge >= 0.3 is 5.97 Å². The van der Waals surface area contributed by atoms with Crippen LogP contribution in [0.5, 0.6) is 0 Å². The minimum absolute atomic E-state index is 0.317. The first-order valence-electron chi connectivity index (χ1n) is 4.12. The van der Waals surface area contributed by atoms with E-state index < -0.39 is 11.3 Å². The number of carboxylic acids is 1. The molecule has 12 heavy (non-hydrogen) atoms. The van der Waals surface area contributed by atoms with Gasteiger partial charge in [-0.2, -0.15) is 0 Å². The van der Waals surface area contributed by atoms with Gasteiger partial charge in [-0.1, -0.05) is 6.92 Å². The third kappa shape index (κ3) is 5.38. The van der Waals surface area contributed by atoms with Gasteiger partial charge in [0, 0.05) is 0 Å². The second kappa shape index (κ2) is 6.26. The van der Waals surface area contributed by atoms with Crippen LogP contribution in [0.25, 0.3) is 0 Å². The molecule has 0 aromatic heterocycles. The van der Waals surface area contributed by atoms with Gasteiger partial charge in [0.15, 0.2) is 0 Å². The number of hydrogen-bond acceptors (Lipinski definition) is 2. The van der Waals surface area contributed by atoms with Gasteiger partial charge in [0.2, 0.25) is 0 Å². The summed E-state index contributed by atoms with van der Waals surface area (Å²) in [6.45, 7) is 1.89. The number of rotatable bonds is 6. The van der Waals surface area contributed by atoms with Crippen molar-refractivity contribution in [3.63, 3.8) is 0 Å². The molecule has 0 aromatic rings. The number of aliphatic hydroxyl groups is 1. The highest BCUT2D eigenvalue weighted by molar-refractivity contribution is 6.29. The van der Waals surface area contributed by atoms with Crippen molar-refractivity contribution in [2.45, 2.75) is 44.1 Å². The van der Waals surface area contributed by atoms with E-state index in [0.717, 1.165) is 0 Å². The fourth-order valence-electron chi connectivity index (χ4n) is 0.860. The van der Waals surface area contributed by atoms with Crippen molar-refractivity contribution in [1.29, 1.82) is 0 Å². The second-order valence-corrected chi connectivity index (χ2v) is 3.33. The summed E-state index contributed by atoms with van der Waals surface area (Å²) < 4.78 is 0. The molecule has 0 aliphatic heterocycles. The van der Waals surface area contributed by atoms with E-state index in [0.29, 0.717) is 25.7 Å². The van der Waals surface area contributed by atoms with Gasteiger partial charge in [-0.25, -0.2) is 0 Å². The topological polar surface area (TPSA) is 57.5 Å². The van der Waals surface area contributed by atoms with Gasteiger partial charge < -0.3 is 10.2 Å². The van der Waals surface area contributed by atoms with Crippen LogP contribution in [0.15, 0.2) is 0 Å². The summed E-state index contributed by atoms with van der Waals surface area (Å²) in [7, 11) is 0. The zero-order chi connectivity index (χ0) is 9.56. The maximum atomic E-state index is 10.3. The molecule has 0 heterocycles. The Morgan fingerprint density at radius 2 is 2.08 bits per heavy atom. The van der Waals surface area contributed by atoms with Crippen LogP contribution >= 0.6 is 11.6 Å². The van der Waals surface area contributed by atoms with E-state index in [-0.39, 0.29) is 6.10 Å². The molecule has 3 nitrogen and oxygen atoms in total. The molecule has 0 aliphatic carbocycles. The van der Waals surface area contributed by atoms with E-state index in [4.69, 9.17) is 21.8 Å². The van der Waals surface area contributed by atoms with Crippen LogP contribution in [0.3, 0.4) is 0 Å². The molecule has 0 rings (SSSR count). The molecule has 0 aromatic carbocycles. The lowest BCUT2D eigenvalue weighted by atomic mass is 10.1. The number of carbonyl (C=O) groups is 1. The molecule has 0 unspecified atom stereocenters. The third-order valence-electron chi connectivity index (χ3n) is 1.73. The molecule has 0 radical (unpaired) electrons. The number of halogens is 1. The van der Waals surface area contributed by atoms with Gasteiger partial charge in [-0.05, 0) is 25.7 Å². The fourth-order valence-corrected chi connectivity index (χ4v) is 1.01. The first-order valence-corrected chi connectivity index (χ1v) is 4.56. The van der Waals surface area contributed by atoms with Gasteiger partial charge in [0.25, 0.3) is 0 Å². The zero-order valence-electron chi connectivity index (χ0n) is 7.16. The zero-order valence-corrected chi connectivity index (χ0v) is 7.92. The summed E-state index contributed by atoms with van der Waals surface area (Å²) in [5, 5.41) is 16.7.